The summed E-state index contributed by atoms with van der Waals surface area (Å²) in [5.74, 6) is 2.61. The van der Waals surface area contributed by atoms with Crippen LogP contribution in [0, 0.1) is 12.8 Å². The van der Waals surface area contributed by atoms with Crippen molar-refractivity contribution in [3.63, 3.8) is 0 Å². The summed E-state index contributed by atoms with van der Waals surface area (Å²) in [6.45, 7) is 6.32. The van der Waals surface area contributed by atoms with Crippen LogP contribution in [0.25, 0.3) is 0 Å². The Bertz CT molecular complexity index is 289. The number of hydrogen-bond acceptors (Lipinski definition) is 3. The fourth-order valence-electron chi connectivity index (χ4n) is 0.781. The van der Waals surface area contributed by atoms with E-state index in [4.69, 9.17) is 0 Å². The van der Waals surface area contributed by atoms with E-state index in [1.54, 1.807) is 11.8 Å². The van der Waals surface area contributed by atoms with Crippen LogP contribution in [0.1, 0.15) is 19.7 Å². The Morgan fingerprint density at radius 2 is 2.23 bits per heavy atom. The number of halogens is 1. The number of aromatic nitrogens is 2. The second-order valence-corrected chi connectivity index (χ2v) is 5.14. The quantitative estimate of drug-likeness (QED) is 0.616. The van der Waals surface area contributed by atoms with E-state index < -0.39 is 0 Å². The molecule has 0 saturated heterocycles. The molecule has 0 saturated carbocycles. The van der Waals surface area contributed by atoms with Crippen molar-refractivity contribution in [3.8, 4) is 0 Å². The second-order valence-electron chi connectivity index (χ2n) is 3.28. The Morgan fingerprint density at radius 1 is 1.54 bits per heavy atom. The van der Waals surface area contributed by atoms with Crippen molar-refractivity contribution in [1.29, 1.82) is 0 Å². The van der Waals surface area contributed by atoms with E-state index in [1.165, 1.54) is 0 Å². The molecule has 0 aliphatic carbocycles. The van der Waals surface area contributed by atoms with E-state index >= 15 is 0 Å². The van der Waals surface area contributed by atoms with Crippen LogP contribution in [-0.4, -0.2) is 15.7 Å². The maximum Gasteiger partial charge on any atom is 0.126 e. The van der Waals surface area contributed by atoms with Crippen molar-refractivity contribution < 1.29 is 0 Å². The van der Waals surface area contributed by atoms with Crippen molar-refractivity contribution in [2.24, 2.45) is 5.92 Å². The van der Waals surface area contributed by atoms with Crippen LogP contribution < -0.4 is 0 Å². The topological polar surface area (TPSA) is 25.8 Å². The monoisotopic (exact) mass is 260 g/mol. The Balaban J connectivity index is 2.70. The summed E-state index contributed by atoms with van der Waals surface area (Å²) in [6.07, 6.45) is 1.81. The molecule has 0 fully saturated rings. The minimum absolute atomic E-state index is 0.687. The van der Waals surface area contributed by atoms with Gasteiger partial charge in [-0.3, -0.25) is 0 Å². The zero-order valence-electron chi connectivity index (χ0n) is 8.04. The average molecular weight is 261 g/mol. The van der Waals surface area contributed by atoms with Gasteiger partial charge in [0.2, 0.25) is 0 Å². The fraction of sp³-hybridized carbons (Fsp3) is 0.556. The normalized spacial score (nSPS) is 10.8. The van der Waals surface area contributed by atoms with E-state index in [2.05, 4.69) is 39.7 Å². The molecule has 0 spiro atoms. The first-order valence-electron chi connectivity index (χ1n) is 4.21. The van der Waals surface area contributed by atoms with Crippen molar-refractivity contribution >= 4 is 27.7 Å². The molecule has 1 heterocycles. The molecule has 0 bridgehead atoms. The van der Waals surface area contributed by atoms with Crippen LogP contribution in [0.2, 0.25) is 0 Å². The highest BCUT2D eigenvalue weighted by molar-refractivity contribution is 9.10. The van der Waals surface area contributed by atoms with Crippen LogP contribution in [0.15, 0.2) is 15.7 Å². The highest BCUT2D eigenvalue weighted by Gasteiger charge is 2.04. The molecule has 72 valence electrons. The molecule has 1 rings (SSSR count). The predicted octanol–water partition coefficient (Wildman–Crippen LogP) is 3.30. The van der Waals surface area contributed by atoms with Gasteiger partial charge in [-0.25, -0.2) is 9.97 Å². The lowest BCUT2D eigenvalue weighted by atomic mass is 10.3. The van der Waals surface area contributed by atoms with Crippen LogP contribution in [0.3, 0.4) is 0 Å². The highest BCUT2D eigenvalue weighted by Crippen LogP contribution is 2.25. The van der Waals surface area contributed by atoms with E-state index in [1.807, 2.05) is 13.1 Å². The van der Waals surface area contributed by atoms with Gasteiger partial charge in [-0.15, -0.1) is 11.8 Å². The SMILES string of the molecule is Cc1ncc(Br)c(SCC(C)C)n1. The molecular formula is C9H13BrN2S. The molecule has 0 N–H and O–H groups in total. The first kappa shape index (κ1) is 11.0. The summed E-state index contributed by atoms with van der Waals surface area (Å²) >= 11 is 5.21. The first-order valence-corrected chi connectivity index (χ1v) is 5.99. The highest BCUT2D eigenvalue weighted by atomic mass is 79.9. The lowest BCUT2D eigenvalue weighted by Crippen LogP contribution is -1.95. The van der Waals surface area contributed by atoms with Crippen LogP contribution in [0.4, 0.5) is 0 Å². The lowest BCUT2D eigenvalue weighted by molar-refractivity contribution is 0.748. The summed E-state index contributed by atoms with van der Waals surface area (Å²) in [6, 6.07) is 0. The van der Waals surface area contributed by atoms with Gasteiger partial charge in [-0.2, -0.15) is 0 Å². The minimum Gasteiger partial charge on any atom is -0.240 e. The van der Waals surface area contributed by atoms with Crippen molar-refractivity contribution in [3.05, 3.63) is 16.5 Å². The summed E-state index contributed by atoms with van der Waals surface area (Å²) in [4.78, 5) is 8.44. The molecule has 4 heteroatoms. The minimum atomic E-state index is 0.687. The molecule has 1 aromatic rings. The number of hydrogen-bond donors (Lipinski definition) is 0. The van der Waals surface area contributed by atoms with Gasteiger partial charge in [0, 0.05) is 11.9 Å². The van der Waals surface area contributed by atoms with Crippen LogP contribution in [0.5, 0.6) is 0 Å². The van der Waals surface area contributed by atoms with Gasteiger partial charge >= 0.3 is 0 Å². The predicted molar refractivity (Wildman–Crippen MR) is 60.0 cm³/mol. The van der Waals surface area contributed by atoms with E-state index in [0.717, 1.165) is 21.1 Å². The third-order valence-corrected chi connectivity index (χ3v) is 3.65. The lowest BCUT2D eigenvalue weighted by Gasteiger charge is -2.05. The van der Waals surface area contributed by atoms with Crippen molar-refractivity contribution in [1.82, 2.24) is 9.97 Å². The number of nitrogens with zero attached hydrogens (tertiary/aromatic N) is 2. The van der Waals surface area contributed by atoms with Gasteiger partial charge in [0.1, 0.15) is 10.9 Å². The molecule has 0 aromatic carbocycles. The second kappa shape index (κ2) is 4.96. The van der Waals surface area contributed by atoms with Crippen molar-refractivity contribution in [2.45, 2.75) is 25.8 Å². The summed E-state index contributed by atoms with van der Waals surface area (Å²) in [5.41, 5.74) is 0. The van der Waals surface area contributed by atoms with E-state index in [0.29, 0.717) is 5.92 Å². The van der Waals surface area contributed by atoms with Crippen LogP contribution in [-0.2, 0) is 0 Å². The molecule has 0 unspecified atom stereocenters. The van der Waals surface area contributed by atoms with E-state index in [-0.39, 0.29) is 0 Å². The zero-order chi connectivity index (χ0) is 9.84. The van der Waals surface area contributed by atoms with Crippen LogP contribution >= 0.6 is 27.7 Å². The van der Waals surface area contributed by atoms with Gasteiger partial charge in [0.05, 0.1) is 4.47 Å². The molecule has 13 heavy (non-hydrogen) atoms. The Labute approximate surface area is 91.7 Å². The molecule has 2 nitrogen and oxygen atoms in total. The molecule has 0 amide bonds. The van der Waals surface area contributed by atoms with Gasteiger partial charge < -0.3 is 0 Å². The third-order valence-electron chi connectivity index (χ3n) is 1.39. The third kappa shape index (κ3) is 3.65. The van der Waals surface area contributed by atoms with Gasteiger partial charge in [0.25, 0.3) is 0 Å². The van der Waals surface area contributed by atoms with Gasteiger partial charge in [-0.1, -0.05) is 13.8 Å². The molecular weight excluding hydrogens is 248 g/mol. The van der Waals surface area contributed by atoms with Gasteiger partial charge in [0.15, 0.2) is 0 Å². The molecule has 1 aromatic heterocycles. The van der Waals surface area contributed by atoms with E-state index in [9.17, 15) is 0 Å². The molecule has 0 radical (unpaired) electrons. The maximum atomic E-state index is 4.35. The van der Waals surface area contributed by atoms with Gasteiger partial charge in [-0.05, 0) is 28.8 Å². The Kier molecular flexibility index (Phi) is 4.19. The Hall–Kier alpha value is -0.0900. The summed E-state index contributed by atoms with van der Waals surface area (Å²) in [7, 11) is 0. The largest absolute Gasteiger partial charge is 0.240 e. The molecule has 0 atom stereocenters. The molecule has 0 aliphatic heterocycles. The zero-order valence-corrected chi connectivity index (χ0v) is 10.4. The summed E-state index contributed by atoms with van der Waals surface area (Å²) in [5, 5.41) is 1.04. The standard InChI is InChI=1S/C9H13BrN2S/c1-6(2)5-13-9-8(10)4-11-7(3)12-9/h4,6H,5H2,1-3H3. The van der Waals surface area contributed by atoms with Crippen molar-refractivity contribution in [2.75, 3.05) is 5.75 Å². The first-order chi connectivity index (χ1) is 6.09. The number of rotatable bonds is 3. The fourth-order valence-corrected chi connectivity index (χ4v) is 2.19. The summed E-state index contributed by atoms with van der Waals surface area (Å²) < 4.78 is 0.990. The number of aryl methyl sites for hydroxylation is 1. The smallest absolute Gasteiger partial charge is 0.126 e. The number of thioether (sulfide) groups is 1. The maximum absolute atomic E-state index is 4.35. The molecule has 0 aliphatic rings. The average Bonchev–Trinajstić information content (AvgIpc) is 2.06. The Morgan fingerprint density at radius 3 is 2.85 bits per heavy atom.